The first kappa shape index (κ1) is 27.9. The van der Waals surface area contributed by atoms with Gasteiger partial charge in [0.05, 0.1) is 11.4 Å². The summed E-state index contributed by atoms with van der Waals surface area (Å²) in [5.74, 6) is 0.494. The largest absolute Gasteiger partial charge is 0.341 e. The Hall–Kier alpha value is -3.24. The molecule has 1 saturated carbocycles. The number of sulfone groups is 1. The van der Waals surface area contributed by atoms with Crippen molar-refractivity contribution in [3.05, 3.63) is 65.7 Å². The third kappa shape index (κ3) is 5.39. The molecule has 218 valence electrons. The average Bonchev–Trinajstić information content (AvgIpc) is 3.50. The van der Waals surface area contributed by atoms with Crippen molar-refractivity contribution in [1.82, 2.24) is 20.4 Å². The van der Waals surface area contributed by atoms with Crippen molar-refractivity contribution >= 4 is 27.7 Å². The Kier molecular flexibility index (Phi) is 6.97. The maximum absolute atomic E-state index is 13.7. The molecule has 3 aliphatic heterocycles. The molecule has 2 N–H and O–H groups in total. The Labute approximate surface area is 241 Å². The molecule has 6 rings (SSSR count). The van der Waals surface area contributed by atoms with Crippen molar-refractivity contribution in [2.75, 3.05) is 25.9 Å². The van der Waals surface area contributed by atoms with Crippen LogP contribution in [0.2, 0.25) is 0 Å². The highest BCUT2D eigenvalue weighted by molar-refractivity contribution is 7.90. The number of imide groups is 1. The van der Waals surface area contributed by atoms with Crippen molar-refractivity contribution in [3.63, 3.8) is 0 Å². The van der Waals surface area contributed by atoms with Gasteiger partial charge in [-0.2, -0.15) is 0 Å². The first-order chi connectivity index (χ1) is 19.5. The second kappa shape index (κ2) is 10.2. The molecule has 0 radical (unpaired) electrons. The van der Waals surface area contributed by atoms with Gasteiger partial charge in [-0.05, 0) is 67.8 Å². The van der Waals surface area contributed by atoms with Crippen molar-refractivity contribution in [2.45, 2.75) is 68.0 Å². The number of piperidine rings is 1. The van der Waals surface area contributed by atoms with Gasteiger partial charge in [0.2, 0.25) is 5.91 Å². The zero-order valence-corrected chi connectivity index (χ0v) is 24.5. The Morgan fingerprint density at radius 1 is 1.00 bits per heavy atom. The molecular formula is C31H38N4O5S. The molecule has 4 amide bonds. The third-order valence-electron chi connectivity index (χ3n) is 9.58. The van der Waals surface area contributed by atoms with E-state index in [-0.39, 0.29) is 46.5 Å². The van der Waals surface area contributed by atoms with E-state index >= 15 is 0 Å². The van der Waals surface area contributed by atoms with Crippen LogP contribution < -0.4 is 10.6 Å². The molecule has 4 atom stereocenters. The van der Waals surface area contributed by atoms with Gasteiger partial charge in [0.15, 0.2) is 9.84 Å². The Bertz CT molecular complexity index is 1460. The maximum atomic E-state index is 13.7. The summed E-state index contributed by atoms with van der Waals surface area (Å²) in [6.45, 7) is 4.17. The van der Waals surface area contributed by atoms with E-state index in [1.807, 2.05) is 23.1 Å². The van der Waals surface area contributed by atoms with Gasteiger partial charge in [0, 0.05) is 36.7 Å². The first-order valence-corrected chi connectivity index (χ1v) is 16.4. The summed E-state index contributed by atoms with van der Waals surface area (Å²) in [7, 11) is -3.33. The molecule has 1 spiro atoms. The molecule has 2 aromatic carbocycles. The predicted octanol–water partition coefficient (Wildman–Crippen LogP) is 3.07. The van der Waals surface area contributed by atoms with E-state index in [2.05, 4.69) is 29.7 Å². The van der Waals surface area contributed by atoms with Crippen LogP contribution in [0.15, 0.2) is 59.5 Å². The van der Waals surface area contributed by atoms with Crippen LogP contribution in [0.3, 0.4) is 0 Å². The van der Waals surface area contributed by atoms with Crippen LogP contribution in [0, 0.1) is 11.3 Å². The number of nitrogens with zero attached hydrogens (tertiary/aromatic N) is 2. The number of urea groups is 1. The van der Waals surface area contributed by atoms with E-state index < -0.39 is 21.4 Å². The minimum atomic E-state index is -3.33. The summed E-state index contributed by atoms with van der Waals surface area (Å²) in [5, 5.41) is 6.61. The number of benzene rings is 2. The summed E-state index contributed by atoms with van der Waals surface area (Å²) in [6.07, 6.45) is 4.86. The Morgan fingerprint density at radius 3 is 2.37 bits per heavy atom. The highest BCUT2D eigenvalue weighted by Gasteiger charge is 2.54. The lowest BCUT2D eigenvalue weighted by atomic mass is 9.78. The molecule has 3 heterocycles. The second-order valence-electron chi connectivity index (χ2n) is 12.7. The Balaban J connectivity index is 1.16. The molecule has 3 saturated heterocycles. The third-order valence-corrected chi connectivity index (χ3v) is 10.7. The molecule has 41 heavy (non-hydrogen) atoms. The molecule has 0 bridgehead atoms. The zero-order chi connectivity index (χ0) is 29.0. The van der Waals surface area contributed by atoms with Gasteiger partial charge in [0.1, 0.15) is 5.54 Å². The van der Waals surface area contributed by atoms with E-state index in [1.165, 1.54) is 22.6 Å². The molecule has 1 aliphatic carbocycles. The van der Waals surface area contributed by atoms with Crippen molar-refractivity contribution < 1.29 is 22.8 Å². The van der Waals surface area contributed by atoms with E-state index in [0.717, 1.165) is 25.5 Å². The van der Waals surface area contributed by atoms with E-state index in [1.54, 1.807) is 12.1 Å². The van der Waals surface area contributed by atoms with Crippen LogP contribution >= 0.6 is 0 Å². The van der Waals surface area contributed by atoms with E-state index in [0.29, 0.717) is 38.0 Å². The topological polar surface area (TPSA) is 116 Å². The monoisotopic (exact) mass is 578 g/mol. The minimum Gasteiger partial charge on any atom is -0.341 e. The standard InChI is InChI=1S/C31H38N4O5S/c1-30(12-13-30)27(36)34-19-23(26(20-34)22-6-4-3-5-7-22)16-24-17-31(14-15-32-24)28(37)35(29(38)33-31)18-21-8-10-25(11-9-21)41(2,39)40/h3-11,23-24,26,32H,12-20H2,1-2H3,(H,33,38)/t23-,24?,26-,31?/m1/s1. The number of hydrogen-bond acceptors (Lipinski definition) is 6. The van der Waals surface area contributed by atoms with E-state index in [4.69, 9.17) is 0 Å². The molecule has 2 aromatic rings. The maximum Gasteiger partial charge on any atom is 0.325 e. The number of rotatable bonds is 7. The fourth-order valence-corrected chi connectivity index (χ4v) is 7.54. The van der Waals surface area contributed by atoms with Gasteiger partial charge in [-0.15, -0.1) is 0 Å². The summed E-state index contributed by atoms with van der Waals surface area (Å²) in [4.78, 5) is 43.5. The van der Waals surface area contributed by atoms with Gasteiger partial charge < -0.3 is 15.5 Å². The highest BCUT2D eigenvalue weighted by atomic mass is 32.2. The lowest BCUT2D eigenvalue weighted by Crippen LogP contribution is -2.57. The Morgan fingerprint density at radius 2 is 1.71 bits per heavy atom. The summed E-state index contributed by atoms with van der Waals surface area (Å²) in [6, 6.07) is 16.3. The highest BCUT2D eigenvalue weighted by Crippen LogP contribution is 2.48. The number of carbonyl (C=O) groups is 3. The van der Waals surface area contributed by atoms with Gasteiger partial charge in [0.25, 0.3) is 5.91 Å². The number of likely N-dealkylation sites (tertiary alicyclic amines) is 1. The van der Waals surface area contributed by atoms with E-state index in [9.17, 15) is 22.8 Å². The van der Waals surface area contributed by atoms with Gasteiger partial charge >= 0.3 is 6.03 Å². The van der Waals surface area contributed by atoms with Crippen molar-refractivity contribution in [3.8, 4) is 0 Å². The summed E-state index contributed by atoms with van der Waals surface area (Å²) in [5.41, 5.74) is 0.752. The van der Waals surface area contributed by atoms with Crippen LogP contribution in [0.25, 0.3) is 0 Å². The summed E-state index contributed by atoms with van der Waals surface area (Å²) < 4.78 is 23.6. The molecule has 4 fully saturated rings. The van der Waals surface area contributed by atoms with Gasteiger partial charge in [-0.25, -0.2) is 13.2 Å². The SMILES string of the molecule is CC1(C(=O)N2C[C@@H](CC3CC4(CCN3)NC(=O)N(Cc3ccc(S(C)(=O)=O)cc3)C4=O)[C@@H](c3ccccc3)C2)CC1. The van der Waals surface area contributed by atoms with Crippen LogP contribution in [0.5, 0.6) is 0 Å². The lowest BCUT2D eigenvalue weighted by Gasteiger charge is -2.38. The molecule has 10 heteroatoms. The van der Waals surface area contributed by atoms with Crippen LogP contribution in [-0.2, 0) is 26.0 Å². The second-order valence-corrected chi connectivity index (χ2v) is 14.7. The van der Waals surface area contributed by atoms with Crippen LogP contribution in [0.4, 0.5) is 4.79 Å². The lowest BCUT2D eigenvalue weighted by molar-refractivity contribution is -0.135. The average molecular weight is 579 g/mol. The minimum absolute atomic E-state index is 0.0183. The number of hydrogen-bond donors (Lipinski definition) is 2. The molecule has 0 aromatic heterocycles. The first-order valence-electron chi connectivity index (χ1n) is 14.5. The smallest absolute Gasteiger partial charge is 0.325 e. The molecule has 4 aliphatic rings. The quantitative estimate of drug-likeness (QED) is 0.488. The fourth-order valence-electron chi connectivity index (χ4n) is 6.91. The summed E-state index contributed by atoms with van der Waals surface area (Å²) >= 11 is 0. The van der Waals surface area contributed by atoms with Crippen LogP contribution in [0.1, 0.15) is 56.1 Å². The number of nitrogens with one attached hydrogen (secondary N) is 2. The molecule has 9 nitrogen and oxygen atoms in total. The van der Waals surface area contributed by atoms with Gasteiger partial charge in [-0.3, -0.25) is 14.5 Å². The normalized spacial score (nSPS) is 29.2. The fraction of sp³-hybridized carbons (Fsp3) is 0.516. The van der Waals surface area contributed by atoms with Crippen LogP contribution in [-0.4, -0.2) is 73.5 Å². The van der Waals surface area contributed by atoms with Gasteiger partial charge in [-0.1, -0.05) is 49.4 Å². The molecule has 2 unspecified atom stereocenters. The zero-order valence-electron chi connectivity index (χ0n) is 23.6. The predicted molar refractivity (Wildman–Crippen MR) is 154 cm³/mol. The number of amides is 4. The van der Waals surface area contributed by atoms with Crippen molar-refractivity contribution in [2.24, 2.45) is 11.3 Å². The molecular weight excluding hydrogens is 540 g/mol. The van der Waals surface area contributed by atoms with Crippen molar-refractivity contribution in [1.29, 1.82) is 0 Å². The number of carbonyl (C=O) groups excluding carboxylic acids is 3.